The Kier molecular flexibility index (Phi) is 6.80. The first-order valence-corrected chi connectivity index (χ1v) is 11.8. The molecule has 0 radical (unpaired) electrons. The van der Waals surface area contributed by atoms with Crippen molar-refractivity contribution >= 4 is 15.9 Å². The summed E-state index contributed by atoms with van der Waals surface area (Å²) in [5.74, 6) is 0.0836. The molecule has 0 bridgehead atoms. The van der Waals surface area contributed by atoms with Gasteiger partial charge in [0.15, 0.2) is 9.84 Å². The standard InChI is InChI=1S/C20H28FNO5S/c1-28(24,25)19-8-7-17(14-18(19)21)26-13-3-4-15-9-11-22(12-10-15)20(23)27-16-5-2-6-16/h7-8,14-16H,2-6,9-13H2,1H3. The Bertz CT molecular complexity index is 786. The largest absolute Gasteiger partial charge is 0.493 e. The molecule has 0 unspecified atom stereocenters. The van der Waals surface area contributed by atoms with E-state index in [0.717, 1.165) is 70.4 Å². The second-order valence-electron chi connectivity index (χ2n) is 7.72. The van der Waals surface area contributed by atoms with Crippen LogP contribution in [-0.2, 0) is 14.6 Å². The summed E-state index contributed by atoms with van der Waals surface area (Å²) in [7, 11) is -3.57. The molecule has 1 amide bonds. The lowest BCUT2D eigenvalue weighted by Gasteiger charge is -2.34. The van der Waals surface area contributed by atoms with Crippen LogP contribution in [0.3, 0.4) is 0 Å². The van der Waals surface area contributed by atoms with Crippen LogP contribution >= 0.6 is 0 Å². The number of hydrogen-bond donors (Lipinski definition) is 0. The molecule has 1 heterocycles. The molecule has 2 fully saturated rings. The van der Waals surface area contributed by atoms with Crippen LogP contribution in [0, 0.1) is 11.7 Å². The maximum Gasteiger partial charge on any atom is 0.410 e. The van der Waals surface area contributed by atoms with Crippen LogP contribution in [0.15, 0.2) is 23.1 Å². The first-order valence-electron chi connectivity index (χ1n) is 9.91. The van der Waals surface area contributed by atoms with E-state index in [1.54, 1.807) is 4.90 Å². The van der Waals surface area contributed by atoms with E-state index < -0.39 is 15.7 Å². The van der Waals surface area contributed by atoms with Gasteiger partial charge in [0.2, 0.25) is 0 Å². The monoisotopic (exact) mass is 413 g/mol. The van der Waals surface area contributed by atoms with Gasteiger partial charge in [-0.05, 0) is 63.0 Å². The van der Waals surface area contributed by atoms with Crippen LogP contribution in [0.2, 0.25) is 0 Å². The summed E-state index contributed by atoms with van der Waals surface area (Å²) in [6.45, 7) is 1.91. The fraction of sp³-hybridized carbons (Fsp3) is 0.650. The van der Waals surface area contributed by atoms with Gasteiger partial charge in [0.05, 0.1) is 6.61 Å². The highest BCUT2D eigenvalue weighted by molar-refractivity contribution is 7.90. The number of carbonyl (C=O) groups excluding carboxylic acids is 1. The molecule has 3 rings (SSSR count). The van der Waals surface area contributed by atoms with Crippen LogP contribution in [-0.4, -0.2) is 51.5 Å². The van der Waals surface area contributed by atoms with Gasteiger partial charge < -0.3 is 14.4 Å². The summed E-state index contributed by atoms with van der Waals surface area (Å²) in [5, 5.41) is 0. The van der Waals surface area contributed by atoms with E-state index in [2.05, 4.69) is 0 Å². The molecule has 6 nitrogen and oxygen atoms in total. The van der Waals surface area contributed by atoms with Crippen molar-refractivity contribution < 1.29 is 27.1 Å². The quantitative estimate of drug-likeness (QED) is 0.636. The van der Waals surface area contributed by atoms with E-state index >= 15 is 0 Å². The Hall–Kier alpha value is -1.83. The highest BCUT2D eigenvalue weighted by Gasteiger charge is 2.27. The van der Waals surface area contributed by atoms with Gasteiger partial charge in [-0.1, -0.05) is 0 Å². The summed E-state index contributed by atoms with van der Waals surface area (Å²) < 4.78 is 47.7. The van der Waals surface area contributed by atoms with E-state index in [1.807, 2.05) is 0 Å². The fourth-order valence-corrected chi connectivity index (χ4v) is 4.27. The molecule has 156 valence electrons. The maximum absolute atomic E-state index is 13.9. The zero-order chi connectivity index (χ0) is 20.1. The number of benzene rings is 1. The van der Waals surface area contributed by atoms with Gasteiger partial charge in [0, 0.05) is 25.4 Å². The van der Waals surface area contributed by atoms with E-state index in [1.165, 1.54) is 12.1 Å². The predicted molar refractivity (Wildman–Crippen MR) is 103 cm³/mol. The van der Waals surface area contributed by atoms with E-state index in [0.29, 0.717) is 18.3 Å². The third-order valence-corrected chi connectivity index (χ3v) is 6.65. The van der Waals surface area contributed by atoms with Crippen molar-refractivity contribution in [1.82, 2.24) is 4.90 Å². The van der Waals surface area contributed by atoms with Crippen molar-refractivity contribution in [2.45, 2.75) is 55.9 Å². The van der Waals surface area contributed by atoms with Crippen molar-refractivity contribution in [3.05, 3.63) is 24.0 Å². The lowest BCUT2D eigenvalue weighted by molar-refractivity contribution is 0.0201. The fourth-order valence-electron chi connectivity index (χ4n) is 3.54. The molecule has 1 aromatic rings. The Morgan fingerprint density at radius 1 is 1.21 bits per heavy atom. The number of piperidine rings is 1. The Morgan fingerprint density at radius 2 is 1.93 bits per heavy atom. The molecule has 0 aromatic heterocycles. The molecule has 1 aliphatic carbocycles. The maximum atomic E-state index is 13.9. The second kappa shape index (κ2) is 9.11. The summed E-state index contributed by atoms with van der Waals surface area (Å²) in [6.07, 6.45) is 7.77. The van der Waals surface area contributed by atoms with Gasteiger partial charge in [0.1, 0.15) is 22.6 Å². The first kappa shape index (κ1) is 20.9. The van der Waals surface area contributed by atoms with E-state index in [-0.39, 0.29) is 17.1 Å². The normalized spacial score (nSPS) is 18.6. The third kappa shape index (κ3) is 5.59. The van der Waals surface area contributed by atoms with Crippen LogP contribution < -0.4 is 4.74 Å². The van der Waals surface area contributed by atoms with Gasteiger partial charge >= 0.3 is 6.09 Å². The van der Waals surface area contributed by atoms with Crippen molar-refractivity contribution in [2.24, 2.45) is 5.92 Å². The molecule has 1 saturated heterocycles. The van der Waals surface area contributed by atoms with Gasteiger partial charge in [-0.2, -0.15) is 0 Å². The minimum Gasteiger partial charge on any atom is -0.493 e. The Morgan fingerprint density at radius 3 is 2.50 bits per heavy atom. The van der Waals surface area contributed by atoms with Crippen LogP contribution in [0.1, 0.15) is 44.9 Å². The summed E-state index contributed by atoms with van der Waals surface area (Å²) in [5.41, 5.74) is 0. The minimum absolute atomic E-state index is 0.124. The van der Waals surface area contributed by atoms with Gasteiger partial charge in [-0.15, -0.1) is 0 Å². The summed E-state index contributed by atoms with van der Waals surface area (Å²) in [6, 6.07) is 3.83. The molecule has 0 atom stereocenters. The third-order valence-electron chi connectivity index (χ3n) is 5.52. The highest BCUT2D eigenvalue weighted by Crippen LogP contribution is 2.26. The molecule has 8 heteroatoms. The number of likely N-dealkylation sites (tertiary alicyclic amines) is 1. The average Bonchev–Trinajstić information content (AvgIpc) is 2.61. The topological polar surface area (TPSA) is 72.9 Å². The molecule has 1 aliphatic heterocycles. The molecule has 0 spiro atoms. The summed E-state index contributed by atoms with van der Waals surface area (Å²) >= 11 is 0. The number of nitrogens with zero attached hydrogens (tertiary/aromatic N) is 1. The molecular weight excluding hydrogens is 385 g/mol. The lowest BCUT2D eigenvalue weighted by atomic mass is 9.92. The Labute approximate surface area is 165 Å². The molecule has 1 saturated carbocycles. The molecule has 1 aromatic carbocycles. The average molecular weight is 414 g/mol. The molecule has 2 aliphatic rings. The van der Waals surface area contributed by atoms with Crippen molar-refractivity contribution in [3.63, 3.8) is 0 Å². The van der Waals surface area contributed by atoms with Crippen molar-refractivity contribution in [1.29, 1.82) is 0 Å². The number of halogens is 1. The number of amides is 1. The van der Waals surface area contributed by atoms with E-state index in [9.17, 15) is 17.6 Å². The SMILES string of the molecule is CS(=O)(=O)c1ccc(OCCCC2CCN(C(=O)OC3CCC3)CC2)cc1F. The smallest absolute Gasteiger partial charge is 0.410 e. The summed E-state index contributed by atoms with van der Waals surface area (Å²) in [4.78, 5) is 13.5. The first-order chi connectivity index (χ1) is 13.3. The molecular formula is C20H28FNO5S. The Balaban J connectivity index is 1.34. The van der Waals surface area contributed by atoms with Crippen LogP contribution in [0.4, 0.5) is 9.18 Å². The zero-order valence-corrected chi connectivity index (χ0v) is 17.0. The number of carbonyl (C=O) groups is 1. The zero-order valence-electron chi connectivity index (χ0n) is 16.2. The van der Waals surface area contributed by atoms with Crippen molar-refractivity contribution in [2.75, 3.05) is 26.0 Å². The molecule has 28 heavy (non-hydrogen) atoms. The predicted octanol–water partition coefficient (Wildman–Crippen LogP) is 3.79. The number of hydrogen-bond acceptors (Lipinski definition) is 5. The van der Waals surface area contributed by atoms with Gasteiger partial charge in [0.25, 0.3) is 0 Å². The van der Waals surface area contributed by atoms with Crippen LogP contribution in [0.5, 0.6) is 5.75 Å². The highest BCUT2D eigenvalue weighted by atomic mass is 32.2. The lowest BCUT2D eigenvalue weighted by Crippen LogP contribution is -2.41. The van der Waals surface area contributed by atoms with Crippen molar-refractivity contribution in [3.8, 4) is 5.75 Å². The van der Waals surface area contributed by atoms with Gasteiger partial charge in [-0.3, -0.25) is 0 Å². The van der Waals surface area contributed by atoms with E-state index in [4.69, 9.17) is 9.47 Å². The molecule has 0 N–H and O–H groups in total. The van der Waals surface area contributed by atoms with Gasteiger partial charge in [-0.25, -0.2) is 17.6 Å². The second-order valence-corrected chi connectivity index (χ2v) is 9.71. The number of ether oxygens (including phenoxy) is 2. The minimum atomic E-state index is -3.57. The number of sulfone groups is 1. The van der Waals surface area contributed by atoms with Crippen LogP contribution in [0.25, 0.3) is 0 Å². The number of rotatable bonds is 7.